The largest absolute Gasteiger partial charge is 0.512 e. The number of ketones is 1. The van der Waals surface area contributed by atoms with Crippen molar-refractivity contribution in [3.63, 3.8) is 0 Å². The van der Waals surface area contributed by atoms with Crippen LogP contribution in [-0.4, -0.2) is 43.9 Å². The number of aliphatic hydroxyl groups excluding tert-OH is 1. The van der Waals surface area contributed by atoms with Crippen LogP contribution in [0.1, 0.15) is 100 Å². The van der Waals surface area contributed by atoms with Crippen LogP contribution in [0.4, 0.5) is 0 Å². The number of benzene rings is 14. The fraction of sp³-hybridized carbons (Fsp3) is 0.198. The molecule has 4 atom stereocenters. The topological polar surface area (TPSA) is 87.1 Å². The van der Waals surface area contributed by atoms with E-state index in [1.165, 1.54) is 251 Å². The Kier molecular flexibility index (Phi) is 23.4. The number of hydrogen-bond donors (Lipinski definition) is 1. The number of nitrogens with zero attached hydrogens (tertiary/aromatic N) is 6. The van der Waals surface area contributed by atoms with Gasteiger partial charge in [0.05, 0.1) is 62.9 Å². The van der Waals surface area contributed by atoms with Gasteiger partial charge in [-0.15, -0.1) is 70.8 Å². The van der Waals surface area contributed by atoms with Crippen molar-refractivity contribution >= 4 is 93.0 Å². The maximum Gasteiger partial charge on any atom is 0.316 e. The van der Waals surface area contributed by atoms with Crippen molar-refractivity contribution < 1.29 is 30.0 Å². The van der Waals surface area contributed by atoms with E-state index >= 15 is 0 Å². The number of para-hydroxylation sites is 6. The summed E-state index contributed by atoms with van der Waals surface area (Å²) in [6.07, 6.45) is 23.4. The molecule has 6 aliphatic rings. The molecule has 6 heterocycles. The number of aryl methyl sites for hydroxylation is 2. The van der Waals surface area contributed by atoms with E-state index in [1.54, 1.807) is 0 Å². The number of carbonyl (C=O) groups excluding carboxylic acids is 1. The number of hydrogen-bond acceptors (Lipinski definition) is 3. The van der Waals surface area contributed by atoms with Gasteiger partial charge in [-0.05, 0) is 297 Å². The molecule has 20 aromatic rings. The van der Waals surface area contributed by atoms with Crippen LogP contribution in [0, 0.1) is 59.5 Å². The Labute approximate surface area is 774 Å². The van der Waals surface area contributed by atoms with Crippen molar-refractivity contribution in [2.24, 2.45) is 47.3 Å². The molecule has 14 aromatic carbocycles. The molecule has 130 heavy (non-hydrogen) atoms. The Morgan fingerprint density at radius 1 is 0.315 bits per heavy atom. The van der Waals surface area contributed by atoms with Gasteiger partial charge < -0.3 is 33.3 Å². The van der Waals surface area contributed by atoms with Gasteiger partial charge >= 0.3 is 5.78 Å². The molecule has 6 aliphatic carbocycles. The van der Waals surface area contributed by atoms with Crippen molar-refractivity contribution in [1.82, 2.24) is 28.2 Å². The second-order valence-corrected chi connectivity index (χ2v) is 36.9. The zero-order chi connectivity index (χ0) is 86.4. The van der Waals surface area contributed by atoms with Gasteiger partial charge in [-0.3, -0.25) is 4.79 Å². The molecule has 9 heteroatoms. The van der Waals surface area contributed by atoms with Crippen LogP contribution >= 0.6 is 0 Å². The molecule has 8 nitrogen and oxygen atoms in total. The van der Waals surface area contributed by atoms with E-state index in [0.29, 0.717) is 0 Å². The third-order valence-corrected chi connectivity index (χ3v) is 29.5. The maximum atomic E-state index is 8.40. The minimum Gasteiger partial charge on any atom is -0.512 e. The summed E-state index contributed by atoms with van der Waals surface area (Å²) in [5.41, 5.74) is 29.5. The minimum absolute atomic E-state index is 0. The van der Waals surface area contributed by atoms with Crippen LogP contribution in [-0.2, 0) is 45.8 Å². The standard InChI is InChI=1S/2C58H48N3.C5H8O2.Ir/c2*1-4-13-55-49(9-1)50-10-2-5-14-56(50)60(55)46-30-26-41(27-31-46)42-28-32-47(33-29-42)61-57-15-6-3-11-51(57)53-38-40(19-35-58(53)61)18-34-48-43-22-24-44(25-23-43)52(48)37-39-16-20-45(21-17-39)54-12-7-8-36-59-54;1-4(6)3-5(2)7;/h2*1-17,19-20,26-33,35-36,38,43-44,48,52H,18,22-25,34,37H2;3,6H,1-2H3;/q2*-1;;/p+1/b;;4-3-;. The Balaban J connectivity index is 0.000000146. The zero-order valence-electron chi connectivity index (χ0n) is 73.6. The van der Waals surface area contributed by atoms with Gasteiger partial charge in [0.25, 0.3) is 0 Å². The monoisotopic (exact) mass is 1870 g/mol. The zero-order valence-corrected chi connectivity index (χ0v) is 76.0. The van der Waals surface area contributed by atoms with Gasteiger partial charge in [0.2, 0.25) is 0 Å². The summed E-state index contributed by atoms with van der Waals surface area (Å²) in [6, 6.07) is 137. The molecule has 1 radical (unpaired) electrons. The first-order valence-corrected chi connectivity index (χ1v) is 46.8. The van der Waals surface area contributed by atoms with E-state index in [4.69, 9.17) is 9.90 Å². The summed E-state index contributed by atoms with van der Waals surface area (Å²) in [5, 5.41) is 18.9. The summed E-state index contributed by atoms with van der Waals surface area (Å²) >= 11 is 0. The summed E-state index contributed by atoms with van der Waals surface area (Å²) in [5.74, 6) is 6.75. The van der Waals surface area contributed by atoms with Gasteiger partial charge in [-0.1, -0.05) is 207 Å². The average molecular weight is 1870 g/mol. The second kappa shape index (κ2) is 36.5. The molecule has 0 amide bonds. The average Bonchev–Trinajstić information content (AvgIpc) is 1.50. The molecule has 6 saturated carbocycles. The van der Waals surface area contributed by atoms with Crippen molar-refractivity contribution in [1.29, 1.82) is 0 Å². The minimum atomic E-state index is 0. The van der Waals surface area contributed by atoms with Crippen molar-refractivity contribution in [2.75, 3.05) is 0 Å². The first-order valence-electron chi connectivity index (χ1n) is 46.8. The molecule has 4 unspecified atom stereocenters. The smallest absolute Gasteiger partial charge is 0.316 e. The quantitative estimate of drug-likeness (QED) is 0.0379. The first-order chi connectivity index (χ1) is 63.6. The van der Waals surface area contributed by atoms with E-state index < -0.39 is 0 Å². The van der Waals surface area contributed by atoms with Crippen LogP contribution in [0.2, 0.25) is 0 Å². The number of rotatable bonds is 19. The molecular weight excluding hydrogens is 1760 g/mol. The fourth-order valence-corrected chi connectivity index (χ4v) is 23.5. The van der Waals surface area contributed by atoms with Gasteiger partial charge in [0.15, 0.2) is 0 Å². The van der Waals surface area contributed by atoms with Gasteiger partial charge in [0, 0.05) is 98.3 Å². The predicted octanol–water partition coefficient (Wildman–Crippen LogP) is 30.3. The number of pyridine rings is 2. The number of allylic oxidation sites excluding steroid dienone is 2. The van der Waals surface area contributed by atoms with E-state index in [2.05, 4.69) is 380 Å². The summed E-state index contributed by atoms with van der Waals surface area (Å²) < 4.78 is 9.67. The summed E-state index contributed by atoms with van der Waals surface area (Å²) in [6.45, 7) is 3.00. The van der Waals surface area contributed by atoms with E-state index in [1.807, 2.05) is 24.5 Å². The predicted molar refractivity (Wildman–Crippen MR) is 536 cm³/mol. The molecule has 26 rings (SSSR count). The molecule has 0 saturated heterocycles. The van der Waals surface area contributed by atoms with E-state index in [9.17, 15) is 0 Å². The van der Waals surface area contributed by atoms with Gasteiger partial charge in [-0.25, -0.2) is 0 Å². The fourth-order valence-electron chi connectivity index (χ4n) is 23.5. The summed E-state index contributed by atoms with van der Waals surface area (Å²) in [7, 11) is 0. The van der Waals surface area contributed by atoms with E-state index in [0.717, 1.165) is 82.7 Å². The molecular formula is C121H105IrN6O2-. The van der Waals surface area contributed by atoms with Crippen LogP contribution < -0.4 is 0 Å². The number of aromatic nitrogens is 6. The summed E-state index contributed by atoms with van der Waals surface area (Å²) in [4.78, 5) is 17.5. The Morgan fingerprint density at radius 2 is 0.585 bits per heavy atom. The third-order valence-electron chi connectivity index (χ3n) is 29.5. The molecule has 2 N–H and O–H groups in total. The number of aliphatic hydroxyl groups is 1. The molecule has 641 valence electrons. The normalized spacial score (nSPS) is 18.2. The van der Waals surface area contributed by atoms with Crippen molar-refractivity contribution in [2.45, 2.75) is 104 Å². The van der Waals surface area contributed by atoms with Crippen LogP contribution in [0.15, 0.2) is 376 Å². The maximum absolute atomic E-state index is 8.40. The molecule has 0 aliphatic heterocycles. The SMILES string of the molecule is CC(=[OH+])/C=C(/C)O.[Ir].[c-]1cc(CC2C3CCC(CC3)C2CCc2ccc3c(c2)c2ccccc2n3-c2ccc(-c3ccc(-n4c5ccccc5c5ccccc54)cc3)cc2)ccc1-c1ccccn1.[c-]1cc(CC2C3CCC(CC3)C2CCc2ccc3c(c2)c2ccccc2n3-c2ccc(-c3ccc(-n4c5ccccc5c5ccccc54)cc3)cc2)ccc1-c1ccccn1. The second-order valence-electron chi connectivity index (χ2n) is 36.9. The Morgan fingerprint density at radius 3 is 0.846 bits per heavy atom. The van der Waals surface area contributed by atoms with Gasteiger partial charge in [0.1, 0.15) is 0 Å². The van der Waals surface area contributed by atoms with Crippen molar-refractivity contribution in [3.05, 3.63) is 410 Å². The first kappa shape index (κ1) is 83.4. The van der Waals surface area contributed by atoms with Gasteiger partial charge in [-0.2, -0.15) is 0 Å². The number of fused-ring (bicyclic) bond motifs is 18. The Hall–Kier alpha value is -13.6. The van der Waals surface area contributed by atoms with Crippen molar-refractivity contribution in [3.8, 4) is 67.5 Å². The van der Waals surface area contributed by atoms with Crippen LogP contribution in [0.3, 0.4) is 0 Å². The van der Waals surface area contributed by atoms with Crippen LogP contribution in [0.25, 0.3) is 155 Å². The Bertz CT molecular complexity index is 6950. The third kappa shape index (κ3) is 16.3. The van der Waals surface area contributed by atoms with E-state index in [-0.39, 0.29) is 31.6 Å². The molecule has 6 fully saturated rings. The molecule has 4 bridgehead atoms. The molecule has 0 spiro atoms. The van der Waals surface area contributed by atoms with Crippen LogP contribution in [0.5, 0.6) is 0 Å². The molecule has 6 aromatic heterocycles.